The summed E-state index contributed by atoms with van der Waals surface area (Å²) in [5.74, 6) is 0.584. The van der Waals surface area contributed by atoms with Crippen molar-refractivity contribution in [3.8, 4) is 17.1 Å². The van der Waals surface area contributed by atoms with Crippen LogP contribution in [-0.4, -0.2) is 35.9 Å². The zero-order chi connectivity index (χ0) is 21.6. The van der Waals surface area contributed by atoms with Gasteiger partial charge in [0, 0.05) is 29.8 Å². The van der Waals surface area contributed by atoms with Crippen molar-refractivity contribution in [2.45, 2.75) is 39.8 Å². The molecule has 0 aliphatic rings. The van der Waals surface area contributed by atoms with Gasteiger partial charge in [-0.15, -0.1) is 10.2 Å². The summed E-state index contributed by atoms with van der Waals surface area (Å²) in [5, 5.41) is 20.2. The van der Waals surface area contributed by atoms with Gasteiger partial charge in [0.1, 0.15) is 0 Å². The maximum absolute atomic E-state index is 12.3. The lowest BCUT2D eigenvalue weighted by Crippen LogP contribution is -2.23. The second-order valence-corrected chi connectivity index (χ2v) is 7.35. The monoisotopic (exact) mass is 415 g/mol. The van der Waals surface area contributed by atoms with Gasteiger partial charge in [0.15, 0.2) is 0 Å². The number of nitrogens with one attached hydrogen (secondary N) is 1. The normalized spacial score (nSPS) is 10.9. The van der Waals surface area contributed by atoms with Crippen LogP contribution in [0, 0.1) is 13.8 Å². The molecule has 0 saturated heterocycles. The fraction of sp³-hybridized carbons (Fsp3) is 0.261. The number of carbonyl (C=O) groups is 1. The van der Waals surface area contributed by atoms with Gasteiger partial charge in [0.05, 0.1) is 17.9 Å². The molecule has 4 rings (SSSR count). The molecule has 0 saturated carbocycles. The average molecular weight is 416 g/mol. The van der Waals surface area contributed by atoms with Crippen LogP contribution >= 0.6 is 0 Å². The molecule has 0 aliphatic heterocycles. The van der Waals surface area contributed by atoms with E-state index in [1.807, 2.05) is 79.2 Å². The van der Waals surface area contributed by atoms with E-state index in [1.165, 1.54) is 4.80 Å². The minimum absolute atomic E-state index is 0.00495. The second kappa shape index (κ2) is 9.34. The number of para-hydroxylation sites is 1. The largest absolute Gasteiger partial charge is 0.352 e. The van der Waals surface area contributed by atoms with Gasteiger partial charge in [-0.25, -0.2) is 4.68 Å². The topological polar surface area (TPSA) is 90.5 Å². The average Bonchev–Trinajstić information content (AvgIpc) is 3.38. The highest BCUT2D eigenvalue weighted by Crippen LogP contribution is 2.17. The maximum atomic E-state index is 12.3. The van der Waals surface area contributed by atoms with Crippen molar-refractivity contribution in [1.82, 2.24) is 35.3 Å². The van der Waals surface area contributed by atoms with Crippen molar-refractivity contribution in [1.29, 1.82) is 0 Å². The van der Waals surface area contributed by atoms with Crippen LogP contribution in [-0.2, 0) is 17.9 Å². The predicted octanol–water partition coefficient (Wildman–Crippen LogP) is 3.24. The zero-order valence-electron chi connectivity index (χ0n) is 17.7. The number of aryl methyl sites for hydroxylation is 2. The Morgan fingerprint density at radius 2 is 1.68 bits per heavy atom. The van der Waals surface area contributed by atoms with Crippen LogP contribution in [0.15, 0.2) is 60.7 Å². The number of benzene rings is 2. The van der Waals surface area contributed by atoms with E-state index in [2.05, 4.69) is 25.8 Å². The van der Waals surface area contributed by atoms with Gasteiger partial charge in [-0.3, -0.25) is 4.79 Å². The van der Waals surface area contributed by atoms with Gasteiger partial charge in [-0.2, -0.15) is 9.90 Å². The lowest BCUT2D eigenvalue weighted by Gasteiger charge is -2.07. The fourth-order valence-electron chi connectivity index (χ4n) is 3.45. The van der Waals surface area contributed by atoms with E-state index in [-0.39, 0.29) is 5.91 Å². The second-order valence-electron chi connectivity index (χ2n) is 7.35. The third-order valence-corrected chi connectivity index (χ3v) is 5.15. The number of carbonyl (C=O) groups excluding carboxylic acids is 1. The first-order chi connectivity index (χ1) is 15.1. The van der Waals surface area contributed by atoms with Gasteiger partial charge >= 0.3 is 0 Å². The van der Waals surface area contributed by atoms with Gasteiger partial charge in [0.2, 0.25) is 11.7 Å². The summed E-state index contributed by atoms with van der Waals surface area (Å²) < 4.78 is 1.91. The van der Waals surface area contributed by atoms with E-state index in [9.17, 15) is 4.79 Å². The van der Waals surface area contributed by atoms with Crippen molar-refractivity contribution >= 4 is 5.91 Å². The molecule has 2 heterocycles. The summed E-state index contributed by atoms with van der Waals surface area (Å²) in [6, 6.07) is 19.7. The van der Waals surface area contributed by atoms with E-state index < -0.39 is 0 Å². The highest BCUT2D eigenvalue weighted by atomic mass is 16.1. The standard InChI is InChI=1S/C23H25N7O/c1-17-21(18(2)30(26-17)20-12-7-4-8-13-20)16-24-22(31)14-9-15-29-27-23(25-28-29)19-10-5-3-6-11-19/h3-8,10-13H,9,14-16H2,1-2H3,(H,24,31). The Labute approximate surface area is 180 Å². The Bertz CT molecular complexity index is 1150. The van der Waals surface area contributed by atoms with Crippen molar-refractivity contribution < 1.29 is 4.79 Å². The summed E-state index contributed by atoms with van der Waals surface area (Å²) in [5.41, 5.74) is 4.93. The van der Waals surface area contributed by atoms with Crippen molar-refractivity contribution in [3.05, 3.63) is 77.6 Å². The van der Waals surface area contributed by atoms with E-state index in [0.29, 0.717) is 31.8 Å². The smallest absolute Gasteiger partial charge is 0.220 e. The SMILES string of the molecule is Cc1nn(-c2ccccc2)c(C)c1CNC(=O)CCCn1nnc(-c2ccccc2)n1. The van der Waals surface area contributed by atoms with Crippen LogP contribution < -0.4 is 5.32 Å². The van der Waals surface area contributed by atoms with Crippen LogP contribution in [0.2, 0.25) is 0 Å². The molecule has 1 amide bonds. The number of amides is 1. The minimum Gasteiger partial charge on any atom is -0.352 e. The molecule has 8 heteroatoms. The summed E-state index contributed by atoms with van der Waals surface area (Å²) in [6.45, 7) is 4.99. The van der Waals surface area contributed by atoms with Gasteiger partial charge in [-0.1, -0.05) is 48.5 Å². The molecule has 0 aliphatic carbocycles. The number of nitrogens with zero attached hydrogens (tertiary/aromatic N) is 6. The zero-order valence-corrected chi connectivity index (χ0v) is 17.7. The third-order valence-electron chi connectivity index (χ3n) is 5.15. The minimum atomic E-state index is -0.00495. The number of hydrogen-bond donors (Lipinski definition) is 1. The molecule has 1 N–H and O–H groups in total. The van der Waals surface area contributed by atoms with Crippen molar-refractivity contribution in [2.24, 2.45) is 0 Å². The molecule has 158 valence electrons. The van der Waals surface area contributed by atoms with Crippen molar-refractivity contribution in [2.75, 3.05) is 0 Å². The quantitative estimate of drug-likeness (QED) is 0.477. The molecule has 0 bridgehead atoms. The molecule has 2 aromatic heterocycles. The molecule has 0 unspecified atom stereocenters. The number of rotatable bonds is 8. The lowest BCUT2D eigenvalue weighted by atomic mass is 10.2. The van der Waals surface area contributed by atoms with Gasteiger partial charge < -0.3 is 5.32 Å². The highest BCUT2D eigenvalue weighted by molar-refractivity contribution is 5.75. The molecule has 4 aromatic rings. The van der Waals surface area contributed by atoms with Crippen LogP contribution in [0.25, 0.3) is 17.1 Å². The van der Waals surface area contributed by atoms with Crippen LogP contribution in [0.3, 0.4) is 0 Å². The summed E-state index contributed by atoms with van der Waals surface area (Å²) in [4.78, 5) is 13.9. The molecule has 8 nitrogen and oxygen atoms in total. The van der Waals surface area contributed by atoms with E-state index >= 15 is 0 Å². The Hall–Kier alpha value is -3.81. The molecule has 0 spiro atoms. The number of hydrogen-bond acceptors (Lipinski definition) is 5. The molecule has 2 aromatic carbocycles. The molecular weight excluding hydrogens is 390 g/mol. The lowest BCUT2D eigenvalue weighted by molar-refractivity contribution is -0.121. The Balaban J connectivity index is 1.28. The summed E-state index contributed by atoms with van der Waals surface area (Å²) >= 11 is 0. The number of tetrazole rings is 1. The molecular formula is C23H25N7O. The van der Waals surface area contributed by atoms with Crippen LogP contribution in [0.1, 0.15) is 29.8 Å². The van der Waals surface area contributed by atoms with E-state index in [0.717, 1.165) is 28.2 Å². The maximum Gasteiger partial charge on any atom is 0.220 e. The first kappa shape index (κ1) is 20.5. The first-order valence-electron chi connectivity index (χ1n) is 10.3. The molecule has 0 fully saturated rings. The van der Waals surface area contributed by atoms with Gasteiger partial charge in [-0.05, 0) is 37.6 Å². The summed E-state index contributed by atoms with van der Waals surface area (Å²) in [7, 11) is 0. The Morgan fingerprint density at radius 3 is 2.42 bits per heavy atom. The molecule has 0 radical (unpaired) electrons. The first-order valence-corrected chi connectivity index (χ1v) is 10.3. The fourth-order valence-corrected chi connectivity index (χ4v) is 3.45. The molecule has 0 atom stereocenters. The molecule has 31 heavy (non-hydrogen) atoms. The van der Waals surface area contributed by atoms with Crippen LogP contribution in [0.5, 0.6) is 0 Å². The third kappa shape index (κ3) is 4.85. The predicted molar refractivity (Wildman–Crippen MR) is 117 cm³/mol. The highest BCUT2D eigenvalue weighted by Gasteiger charge is 2.14. The Kier molecular flexibility index (Phi) is 6.16. The Morgan fingerprint density at radius 1 is 0.968 bits per heavy atom. The van der Waals surface area contributed by atoms with Gasteiger partial charge in [0.25, 0.3) is 0 Å². The van der Waals surface area contributed by atoms with Crippen molar-refractivity contribution in [3.63, 3.8) is 0 Å². The van der Waals surface area contributed by atoms with Crippen LogP contribution in [0.4, 0.5) is 0 Å². The van der Waals surface area contributed by atoms with E-state index in [4.69, 9.17) is 0 Å². The summed E-state index contributed by atoms with van der Waals surface area (Å²) in [6.07, 6.45) is 1.03. The number of aromatic nitrogens is 6. The van der Waals surface area contributed by atoms with E-state index in [1.54, 1.807) is 0 Å².